The molecule has 0 saturated carbocycles. The number of benzene rings is 3. The maximum atomic E-state index is 13.9. The molecule has 2 amide bonds. The minimum atomic E-state index is -1.12. The lowest BCUT2D eigenvalue weighted by Gasteiger charge is -2.30. The smallest absolute Gasteiger partial charge is 0.340 e. The van der Waals surface area contributed by atoms with Crippen molar-refractivity contribution in [3.05, 3.63) is 98.9 Å². The van der Waals surface area contributed by atoms with E-state index in [1.807, 2.05) is 53.7 Å². The van der Waals surface area contributed by atoms with Crippen molar-refractivity contribution in [3.63, 3.8) is 0 Å². The van der Waals surface area contributed by atoms with Gasteiger partial charge in [-0.05, 0) is 101 Å². The highest BCUT2D eigenvalue weighted by Crippen LogP contribution is 2.42. The summed E-state index contributed by atoms with van der Waals surface area (Å²) in [5.41, 5.74) is 5.15. The molecule has 0 saturated heterocycles. The van der Waals surface area contributed by atoms with Crippen molar-refractivity contribution >= 4 is 23.5 Å². The molecule has 3 aromatic carbocycles. The lowest BCUT2D eigenvalue weighted by Crippen LogP contribution is -2.31. The summed E-state index contributed by atoms with van der Waals surface area (Å²) in [6, 6.07) is 12.8. The lowest BCUT2D eigenvalue weighted by atomic mass is 9.89. The standard InChI is InChI=1S/C33H37FN2O5/c1-8-40-32(39)29(41-33(5,6)7)27-20(3)25-17-36(31(38)23-10-9-11-24(34)16-23)18-26(25)21(4)28(27)35-30(37)22-14-12-19(2)13-15-22/h9-16,29H,8,17-18H2,1-7H3,(H,35,37)/t29-/m0/s1. The van der Waals surface area contributed by atoms with Gasteiger partial charge in [0, 0.05) is 29.8 Å². The van der Waals surface area contributed by atoms with E-state index in [9.17, 15) is 18.8 Å². The Morgan fingerprint density at radius 1 is 0.951 bits per heavy atom. The number of hydrogen-bond acceptors (Lipinski definition) is 5. The summed E-state index contributed by atoms with van der Waals surface area (Å²) in [4.78, 5) is 41.8. The van der Waals surface area contributed by atoms with Crippen LogP contribution in [0, 0.1) is 26.6 Å². The second kappa shape index (κ2) is 11.8. The summed E-state index contributed by atoms with van der Waals surface area (Å²) in [6.07, 6.45) is -1.12. The van der Waals surface area contributed by atoms with E-state index in [1.165, 1.54) is 18.2 Å². The van der Waals surface area contributed by atoms with E-state index in [0.29, 0.717) is 16.8 Å². The van der Waals surface area contributed by atoms with Gasteiger partial charge in [-0.3, -0.25) is 9.59 Å². The molecule has 0 aromatic heterocycles. The van der Waals surface area contributed by atoms with Gasteiger partial charge in [-0.2, -0.15) is 0 Å². The van der Waals surface area contributed by atoms with Crippen LogP contribution in [0.25, 0.3) is 0 Å². The van der Waals surface area contributed by atoms with Crippen LogP contribution in [-0.2, 0) is 27.4 Å². The zero-order valence-electron chi connectivity index (χ0n) is 24.7. The molecule has 1 aliphatic rings. The Morgan fingerprint density at radius 3 is 2.17 bits per heavy atom. The predicted molar refractivity (Wildman–Crippen MR) is 155 cm³/mol. The van der Waals surface area contributed by atoms with Gasteiger partial charge in [-0.25, -0.2) is 9.18 Å². The van der Waals surface area contributed by atoms with Crippen molar-refractivity contribution in [2.75, 3.05) is 11.9 Å². The van der Waals surface area contributed by atoms with E-state index in [-0.39, 0.29) is 37.1 Å². The first-order valence-corrected chi connectivity index (χ1v) is 13.7. The van der Waals surface area contributed by atoms with Crippen molar-refractivity contribution in [3.8, 4) is 0 Å². The highest BCUT2D eigenvalue weighted by molar-refractivity contribution is 6.06. The maximum Gasteiger partial charge on any atom is 0.340 e. The molecule has 7 nitrogen and oxygen atoms in total. The monoisotopic (exact) mass is 560 g/mol. The molecule has 0 aliphatic carbocycles. The number of fused-ring (bicyclic) bond motifs is 1. The summed E-state index contributed by atoms with van der Waals surface area (Å²) in [6.45, 7) is 13.6. The number of hydrogen-bond donors (Lipinski definition) is 1. The van der Waals surface area contributed by atoms with Gasteiger partial charge in [0.1, 0.15) is 5.82 Å². The van der Waals surface area contributed by atoms with Crippen LogP contribution in [0.3, 0.4) is 0 Å². The van der Waals surface area contributed by atoms with Gasteiger partial charge in [0.25, 0.3) is 11.8 Å². The highest BCUT2D eigenvalue weighted by Gasteiger charge is 2.37. The molecule has 1 heterocycles. The van der Waals surface area contributed by atoms with Crippen LogP contribution in [0.1, 0.15) is 87.9 Å². The quantitative estimate of drug-likeness (QED) is 0.330. The third-order valence-electron chi connectivity index (χ3n) is 7.16. The number of ether oxygens (including phenoxy) is 2. The fourth-order valence-corrected chi connectivity index (χ4v) is 5.14. The van der Waals surface area contributed by atoms with Gasteiger partial charge in [0.15, 0.2) is 6.10 Å². The molecule has 1 atom stereocenters. The van der Waals surface area contributed by atoms with Crippen molar-refractivity contribution < 1.29 is 28.2 Å². The fourth-order valence-electron chi connectivity index (χ4n) is 5.14. The third kappa shape index (κ3) is 6.49. The molecule has 1 N–H and O–H groups in total. The topological polar surface area (TPSA) is 84.9 Å². The maximum absolute atomic E-state index is 13.9. The van der Waals surface area contributed by atoms with Crippen LogP contribution in [-0.4, -0.2) is 34.9 Å². The van der Waals surface area contributed by atoms with Crippen molar-refractivity contribution in [1.29, 1.82) is 0 Å². The first kappa shape index (κ1) is 29.9. The normalized spacial score (nSPS) is 13.5. The average Bonchev–Trinajstić information content (AvgIpc) is 3.36. The number of nitrogens with one attached hydrogen (secondary N) is 1. The fraction of sp³-hybridized carbons (Fsp3) is 0.364. The van der Waals surface area contributed by atoms with Gasteiger partial charge < -0.3 is 19.7 Å². The SMILES string of the molecule is CCOC(=O)[C@@H](OC(C)(C)C)c1c(C)c2c(c(C)c1NC(=O)c1ccc(C)cc1)CN(C(=O)c1cccc(F)c1)C2. The number of amides is 2. The number of esters is 1. The van der Waals surface area contributed by atoms with Crippen LogP contribution < -0.4 is 5.32 Å². The number of carbonyl (C=O) groups is 3. The van der Waals surface area contributed by atoms with E-state index in [1.54, 1.807) is 30.0 Å². The third-order valence-corrected chi connectivity index (χ3v) is 7.16. The van der Waals surface area contributed by atoms with E-state index in [4.69, 9.17) is 9.47 Å². The molecule has 41 heavy (non-hydrogen) atoms. The van der Waals surface area contributed by atoms with Gasteiger partial charge in [-0.15, -0.1) is 0 Å². The molecule has 0 spiro atoms. The molecule has 0 fully saturated rings. The summed E-state index contributed by atoms with van der Waals surface area (Å²) in [7, 11) is 0. The molecule has 216 valence electrons. The largest absolute Gasteiger partial charge is 0.464 e. The van der Waals surface area contributed by atoms with E-state index < -0.39 is 23.5 Å². The zero-order chi connectivity index (χ0) is 30.1. The Hall–Kier alpha value is -4.04. The van der Waals surface area contributed by atoms with E-state index in [2.05, 4.69) is 5.32 Å². The van der Waals surface area contributed by atoms with E-state index >= 15 is 0 Å². The Balaban J connectivity index is 1.85. The summed E-state index contributed by atoms with van der Waals surface area (Å²) >= 11 is 0. The van der Waals surface area contributed by atoms with Crippen LogP contribution in [0.15, 0.2) is 48.5 Å². The molecular weight excluding hydrogens is 523 g/mol. The van der Waals surface area contributed by atoms with E-state index in [0.717, 1.165) is 27.8 Å². The molecule has 0 radical (unpaired) electrons. The predicted octanol–water partition coefficient (Wildman–Crippen LogP) is 6.58. The van der Waals surface area contributed by atoms with Crippen LogP contribution in [0.4, 0.5) is 10.1 Å². The van der Waals surface area contributed by atoms with Gasteiger partial charge >= 0.3 is 5.97 Å². The van der Waals surface area contributed by atoms with Crippen LogP contribution >= 0.6 is 0 Å². The minimum absolute atomic E-state index is 0.160. The van der Waals surface area contributed by atoms with Crippen molar-refractivity contribution in [2.24, 2.45) is 0 Å². The number of carbonyl (C=O) groups excluding carboxylic acids is 3. The number of halogens is 1. The number of nitrogens with zero attached hydrogens (tertiary/aromatic N) is 1. The van der Waals surface area contributed by atoms with Gasteiger partial charge in [0.05, 0.1) is 17.9 Å². The molecule has 8 heteroatoms. The molecule has 1 aliphatic heterocycles. The second-order valence-corrected chi connectivity index (χ2v) is 11.3. The van der Waals surface area contributed by atoms with Crippen LogP contribution in [0.5, 0.6) is 0 Å². The number of anilines is 1. The van der Waals surface area contributed by atoms with Crippen LogP contribution in [0.2, 0.25) is 0 Å². The van der Waals surface area contributed by atoms with Gasteiger partial charge in [-0.1, -0.05) is 23.8 Å². The zero-order valence-corrected chi connectivity index (χ0v) is 24.7. The molecule has 3 aromatic rings. The molecular formula is C33H37FN2O5. The molecule has 0 unspecified atom stereocenters. The molecule has 4 rings (SSSR count). The Labute approximate surface area is 240 Å². The summed E-state index contributed by atoms with van der Waals surface area (Å²) in [5.74, 6) is -1.70. The number of aryl methyl sites for hydroxylation is 1. The minimum Gasteiger partial charge on any atom is -0.464 e. The Bertz CT molecular complexity index is 1490. The van der Waals surface area contributed by atoms with Crippen molar-refractivity contribution in [2.45, 2.75) is 73.3 Å². The first-order valence-electron chi connectivity index (χ1n) is 13.7. The van der Waals surface area contributed by atoms with Crippen molar-refractivity contribution in [1.82, 2.24) is 4.90 Å². The number of rotatable bonds is 7. The Morgan fingerprint density at radius 2 is 1.59 bits per heavy atom. The van der Waals surface area contributed by atoms with Gasteiger partial charge in [0.2, 0.25) is 0 Å². The second-order valence-electron chi connectivity index (χ2n) is 11.3. The molecule has 0 bridgehead atoms. The summed E-state index contributed by atoms with van der Waals surface area (Å²) in [5, 5.41) is 3.05. The average molecular weight is 561 g/mol. The first-order chi connectivity index (χ1) is 19.3. The summed E-state index contributed by atoms with van der Waals surface area (Å²) < 4.78 is 25.6. The Kier molecular flexibility index (Phi) is 8.63. The highest BCUT2D eigenvalue weighted by atomic mass is 19.1. The lowest BCUT2D eigenvalue weighted by molar-refractivity contribution is -0.166.